The molecule has 0 bridgehead atoms. The number of aliphatic hydroxyl groups is 2. The zero-order chi connectivity index (χ0) is 17.1. The summed E-state index contributed by atoms with van der Waals surface area (Å²) in [4.78, 5) is 0. The van der Waals surface area contributed by atoms with Crippen LogP contribution in [0.15, 0.2) is 86.0 Å². The standard InChI is InChI=1S/C11H14O.C10H12O.3CH4/c1-3-9-11(2,12)10-7-5-4-6-8-10;1-2-6-10(11)9-7-4-3-5-8-9;;;/h3-8,12H,1,9H2,2H3;2-5,7-8,10-11H,1,6H2;3*1H4. The Morgan fingerprint density at radius 2 is 1.35 bits per heavy atom. The molecule has 0 aliphatic rings. The lowest BCUT2D eigenvalue weighted by Gasteiger charge is -2.21. The molecule has 0 aliphatic carbocycles. The Morgan fingerprint density at radius 3 is 1.77 bits per heavy atom. The van der Waals surface area contributed by atoms with Crippen LogP contribution in [0.3, 0.4) is 0 Å². The summed E-state index contributed by atoms with van der Waals surface area (Å²) in [5.74, 6) is 0. The molecule has 2 nitrogen and oxygen atoms in total. The fraction of sp³-hybridized carbons (Fsp3) is 0.333. The van der Waals surface area contributed by atoms with Gasteiger partial charge in [-0.2, -0.15) is 0 Å². The van der Waals surface area contributed by atoms with Crippen molar-refractivity contribution in [3.05, 3.63) is 97.1 Å². The predicted octanol–water partition coefficient (Wildman–Crippen LogP) is 6.67. The van der Waals surface area contributed by atoms with E-state index in [1.165, 1.54) is 0 Å². The molecule has 0 radical (unpaired) electrons. The van der Waals surface area contributed by atoms with Gasteiger partial charge in [-0.25, -0.2) is 0 Å². The van der Waals surface area contributed by atoms with Crippen LogP contribution in [-0.2, 0) is 5.60 Å². The van der Waals surface area contributed by atoms with E-state index in [4.69, 9.17) is 0 Å². The molecule has 0 saturated heterocycles. The number of aliphatic hydroxyl groups excluding tert-OH is 1. The number of benzene rings is 2. The van der Waals surface area contributed by atoms with Crippen molar-refractivity contribution in [2.45, 2.75) is 53.8 Å². The zero-order valence-corrected chi connectivity index (χ0v) is 13.7. The van der Waals surface area contributed by atoms with Crippen LogP contribution < -0.4 is 0 Å². The molecule has 2 unspecified atom stereocenters. The van der Waals surface area contributed by atoms with Gasteiger partial charge in [0.05, 0.1) is 11.7 Å². The first-order valence-corrected chi connectivity index (χ1v) is 7.74. The minimum absolute atomic E-state index is 0. The summed E-state index contributed by atoms with van der Waals surface area (Å²) in [6.45, 7) is 8.97. The molecule has 2 heteroatoms. The molecule has 0 amide bonds. The van der Waals surface area contributed by atoms with Crippen LogP contribution in [0, 0.1) is 0 Å². The van der Waals surface area contributed by atoms with Crippen molar-refractivity contribution in [1.29, 1.82) is 0 Å². The minimum atomic E-state index is -0.775. The van der Waals surface area contributed by atoms with Crippen molar-refractivity contribution >= 4 is 0 Å². The third kappa shape index (κ3) is 9.97. The molecule has 0 heterocycles. The van der Waals surface area contributed by atoms with Gasteiger partial charge in [0.2, 0.25) is 0 Å². The van der Waals surface area contributed by atoms with Crippen LogP contribution >= 0.6 is 0 Å². The molecule has 2 aromatic carbocycles. The van der Waals surface area contributed by atoms with Crippen LogP contribution in [0.1, 0.15) is 59.3 Å². The van der Waals surface area contributed by atoms with Crippen molar-refractivity contribution in [3.63, 3.8) is 0 Å². The second-order valence-electron chi connectivity index (χ2n) is 5.58. The van der Waals surface area contributed by atoms with E-state index in [0.717, 1.165) is 11.1 Å². The van der Waals surface area contributed by atoms with E-state index in [0.29, 0.717) is 12.8 Å². The molecule has 0 aromatic heterocycles. The average Bonchev–Trinajstić information content (AvgIpc) is 2.57. The number of rotatable bonds is 6. The maximum absolute atomic E-state index is 9.91. The first kappa shape index (κ1) is 28.6. The van der Waals surface area contributed by atoms with Gasteiger partial charge < -0.3 is 10.2 Å². The minimum Gasteiger partial charge on any atom is -0.388 e. The van der Waals surface area contributed by atoms with Gasteiger partial charge in [0.25, 0.3) is 0 Å². The van der Waals surface area contributed by atoms with Gasteiger partial charge in [-0.1, -0.05) is 95.1 Å². The summed E-state index contributed by atoms with van der Waals surface area (Å²) in [5, 5.41) is 19.4. The van der Waals surface area contributed by atoms with E-state index in [9.17, 15) is 10.2 Å². The van der Waals surface area contributed by atoms with E-state index in [1.807, 2.05) is 60.7 Å². The van der Waals surface area contributed by atoms with Crippen molar-refractivity contribution in [1.82, 2.24) is 0 Å². The fourth-order valence-corrected chi connectivity index (χ4v) is 2.17. The third-order valence-corrected chi connectivity index (χ3v) is 3.51. The molecular formula is C24H38O2. The van der Waals surface area contributed by atoms with E-state index in [2.05, 4.69) is 13.2 Å². The second-order valence-corrected chi connectivity index (χ2v) is 5.58. The lowest BCUT2D eigenvalue weighted by atomic mass is 9.93. The van der Waals surface area contributed by atoms with E-state index in [-0.39, 0.29) is 22.3 Å². The Labute approximate surface area is 161 Å². The molecule has 0 saturated carbocycles. The predicted molar refractivity (Wildman–Crippen MR) is 117 cm³/mol. The van der Waals surface area contributed by atoms with Gasteiger partial charge in [-0.3, -0.25) is 0 Å². The van der Waals surface area contributed by atoms with Gasteiger partial charge in [0.1, 0.15) is 0 Å². The van der Waals surface area contributed by atoms with Gasteiger partial charge >= 0.3 is 0 Å². The largest absolute Gasteiger partial charge is 0.388 e. The molecule has 2 rings (SSSR count). The van der Waals surface area contributed by atoms with E-state index in [1.54, 1.807) is 19.1 Å². The summed E-state index contributed by atoms with van der Waals surface area (Å²) in [6, 6.07) is 19.2. The van der Waals surface area contributed by atoms with Crippen molar-refractivity contribution in [3.8, 4) is 0 Å². The summed E-state index contributed by atoms with van der Waals surface area (Å²) >= 11 is 0. The summed E-state index contributed by atoms with van der Waals surface area (Å²) in [6.07, 6.45) is 4.25. The van der Waals surface area contributed by atoms with Crippen LogP contribution in [0.2, 0.25) is 0 Å². The maximum Gasteiger partial charge on any atom is 0.0902 e. The Bertz CT molecular complexity index is 574. The third-order valence-electron chi connectivity index (χ3n) is 3.51. The number of hydrogen-bond donors (Lipinski definition) is 2. The van der Waals surface area contributed by atoms with E-state index >= 15 is 0 Å². The summed E-state index contributed by atoms with van der Waals surface area (Å²) < 4.78 is 0. The van der Waals surface area contributed by atoms with Crippen molar-refractivity contribution in [2.24, 2.45) is 0 Å². The normalized spacial score (nSPS) is 12.3. The number of hydrogen-bond acceptors (Lipinski definition) is 2. The smallest absolute Gasteiger partial charge is 0.0902 e. The Balaban J connectivity index is -0.000000366. The SMILES string of the molecule is C.C.C.C=CCC(C)(O)c1ccccc1.C=CCC(O)c1ccccc1. The maximum atomic E-state index is 9.91. The molecule has 2 aromatic rings. The highest BCUT2D eigenvalue weighted by atomic mass is 16.3. The topological polar surface area (TPSA) is 40.5 Å². The lowest BCUT2D eigenvalue weighted by Crippen LogP contribution is -2.19. The molecular weight excluding hydrogens is 320 g/mol. The molecule has 146 valence electrons. The first-order chi connectivity index (χ1) is 11.0. The fourth-order valence-electron chi connectivity index (χ4n) is 2.17. The van der Waals surface area contributed by atoms with Gasteiger partial charge in [-0.05, 0) is 30.9 Å². The molecule has 26 heavy (non-hydrogen) atoms. The molecule has 2 atom stereocenters. The molecule has 0 aliphatic heterocycles. The molecule has 2 N–H and O–H groups in total. The van der Waals surface area contributed by atoms with Crippen LogP contribution in [0.4, 0.5) is 0 Å². The van der Waals surface area contributed by atoms with Gasteiger partial charge in [0.15, 0.2) is 0 Å². The average molecular weight is 359 g/mol. The Morgan fingerprint density at radius 1 is 0.885 bits per heavy atom. The highest BCUT2D eigenvalue weighted by Crippen LogP contribution is 2.23. The van der Waals surface area contributed by atoms with Crippen LogP contribution in [0.25, 0.3) is 0 Å². The quantitative estimate of drug-likeness (QED) is 0.566. The summed E-state index contributed by atoms with van der Waals surface area (Å²) in [5.41, 5.74) is 1.11. The van der Waals surface area contributed by atoms with Crippen molar-refractivity contribution < 1.29 is 10.2 Å². The highest BCUT2D eigenvalue weighted by molar-refractivity contribution is 5.22. The van der Waals surface area contributed by atoms with Crippen LogP contribution in [0.5, 0.6) is 0 Å². The van der Waals surface area contributed by atoms with Gasteiger partial charge in [-0.15, -0.1) is 13.2 Å². The lowest BCUT2D eigenvalue weighted by molar-refractivity contribution is 0.0606. The van der Waals surface area contributed by atoms with Crippen molar-refractivity contribution in [2.75, 3.05) is 0 Å². The second kappa shape index (κ2) is 15.1. The first-order valence-electron chi connectivity index (χ1n) is 7.74. The highest BCUT2D eigenvalue weighted by Gasteiger charge is 2.19. The Kier molecular flexibility index (Phi) is 16.7. The monoisotopic (exact) mass is 358 g/mol. The summed E-state index contributed by atoms with van der Waals surface area (Å²) in [7, 11) is 0. The Hall–Kier alpha value is -2.16. The van der Waals surface area contributed by atoms with E-state index < -0.39 is 11.7 Å². The van der Waals surface area contributed by atoms with Gasteiger partial charge in [0, 0.05) is 0 Å². The molecule has 0 spiro atoms. The zero-order valence-electron chi connectivity index (χ0n) is 13.7. The van der Waals surface area contributed by atoms with Crippen LogP contribution in [-0.4, -0.2) is 10.2 Å². The molecule has 0 fully saturated rings.